The van der Waals surface area contributed by atoms with Crippen molar-refractivity contribution in [1.29, 1.82) is 0 Å². The molecule has 0 spiro atoms. The van der Waals surface area contributed by atoms with Gasteiger partial charge in [-0.3, -0.25) is 9.59 Å². The van der Waals surface area contributed by atoms with E-state index in [4.69, 9.17) is 0 Å². The highest BCUT2D eigenvalue weighted by Crippen LogP contribution is 2.02. The number of hydrogen-bond donors (Lipinski definition) is 2. The number of likely N-dealkylation sites (N-methyl/N-ethyl adjacent to an activating group) is 1. The first-order chi connectivity index (χ1) is 6.06. The van der Waals surface area contributed by atoms with Crippen molar-refractivity contribution in [3.63, 3.8) is 0 Å². The summed E-state index contributed by atoms with van der Waals surface area (Å²) in [5, 5.41) is 4.97. The van der Waals surface area contributed by atoms with Crippen LogP contribution < -0.4 is 10.6 Å². The van der Waals surface area contributed by atoms with Crippen LogP contribution in [0.1, 0.15) is 26.7 Å². The van der Waals surface area contributed by atoms with Gasteiger partial charge < -0.3 is 10.6 Å². The van der Waals surface area contributed by atoms with Crippen molar-refractivity contribution in [3.8, 4) is 0 Å². The molecule has 0 aliphatic carbocycles. The van der Waals surface area contributed by atoms with Gasteiger partial charge in [-0.05, 0) is 12.3 Å². The van der Waals surface area contributed by atoms with Crippen LogP contribution in [-0.2, 0) is 9.59 Å². The molecule has 0 aliphatic heterocycles. The van der Waals surface area contributed by atoms with Crippen molar-refractivity contribution in [2.45, 2.75) is 26.7 Å². The molecule has 0 aromatic rings. The minimum atomic E-state index is -0.169. The van der Waals surface area contributed by atoms with Crippen LogP contribution in [0.25, 0.3) is 0 Å². The maximum absolute atomic E-state index is 11.1. The van der Waals surface area contributed by atoms with Crippen molar-refractivity contribution in [2.24, 2.45) is 5.92 Å². The van der Waals surface area contributed by atoms with Gasteiger partial charge in [-0.2, -0.15) is 0 Å². The molecule has 2 N–H and O–H groups in total. The van der Waals surface area contributed by atoms with E-state index in [-0.39, 0.29) is 18.4 Å². The zero-order chi connectivity index (χ0) is 10.3. The summed E-state index contributed by atoms with van der Waals surface area (Å²) >= 11 is 0. The molecule has 0 aliphatic rings. The fourth-order valence-corrected chi connectivity index (χ4v) is 0.775. The van der Waals surface area contributed by atoms with Crippen LogP contribution in [0.15, 0.2) is 0 Å². The number of rotatable bonds is 5. The first kappa shape index (κ1) is 11.9. The van der Waals surface area contributed by atoms with E-state index >= 15 is 0 Å². The second kappa shape index (κ2) is 6.46. The van der Waals surface area contributed by atoms with E-state index in [1.807, 2.05) is 0 Å². The van der Waals surface area contributed by atoms with Crippen LogP contribution in [0.5, 0.6) is 0 Å². The maximum Gasteiger partial charge on any atom is 0.239 e. The Morgan fingerprint density at radius 2 is 1.85 bits per heavy atom. The molecule has 0 unspecified atom stereocenters. The van der Waals surface area contributed by atoms with Gasteiger partial charge in [-0.25, -0.2) is 0 Å². The van der Waals surface area contributed by atoms with Crippen LogP contribution in [0.3, 0.4) is 0 Å². The minimum absolute atomic E-state index is 0.0581. The molecule has 0 bridgehead atoms. The predicted molar refractivity (Wildman–Crippen MR) is 51.1 cm³/mol. The molecule has 0 fully saturated rings. The molecule has 2 amide bonds. The summed E-state index contributed by atoms with van der Waals surface area (Å²) in [5.41, 5.74) is 0. The Bertz CT molecular complexity index is 178. The summed E-state index contributed by atoms with van der Waals surface area (Å²) in [5.74, 6) is 0.293. The van der Waals surface area contributed by atoms with Crippen molar-refractivity contribution in [1.82, 2.24) is 10.6 Å². The Morgan fingerprint density at radius 3 is 2.31 bits per heavy atom. The Labute approximate surface area is 79.1 Å². The second-order valence-corrected chi connectivity index (χ2v) is 3.38. The van der Waals surface area contributed by atoms with E-state index in [1.165, 1.54) is 0 Å². The quantitative estimate of drug-likeness (QED) is 0.648. The monoisotopic (exact) mass is 186 g/mol. The molecule has 0 aromatic carbocycles. The third kappa shape index (κ3) is 7.31. The van der Waals surface area contributed by atoms with Gasteiger partial charge in [0.1, 0.15) is 0 Å². The number of carbonyl (C=O) groups is 2. The predicted octanol–water partition coefficient (Wildman–Crippen LogP) is 0.285. The molecular weight excluding hydrogens is 168 g/mol. The Morgan fingerprint density at radius 1 is 1.23 bits per heavy atom. The molecule has 0 saturated heterocycles. The van der Waals surface area contributed by atoms with E-state index in [0.29, 0.717) is 12.3 Å². The first-order valence-electron chi connectivity index (χ1n) is 4.53. The maximum atomic E-state index is 11.1. The van der Waals surface area contributed by atoms with Gasteiger partial charge in [0.25, 0.3) is 0 Å². The lowest BCUT2D eigenvalue weighted by Gasteiger charge is -2.05. The molecule has 0 heterocycles. The number of hydrogen-bond acceptors (Lipinski definition) is 2. The van der Waals surface area contributed by atoms with Crippen LogP contribution in [0, 0.1) is 5.92 Å². The van der Waals surface area contributed by atoms with Crippen LogP contribution in [-0.4, -0.2) is 25.4 Å². The second-order valence-electron chi connectivity index (χ2n) is 3.38. The summed E-state index contributed by atoms with van der Waals surface area (Å²) in [6.45, 7) is 4.20. The summed E-state index contributed by atoms with van der Waals surface area (Å²) in [4.78, 5) is 21.8. The SMILES string of the molecule is CNC(=O)CNC(=O)CCC(C)C. The van der Waals surface area contributed by atoms with Crippen molar-refractivity contribution < 1.29 is 9.59 Å². The third-order valence-electron chi connectivity index (χ3n) is 1.67. The highest BCUT2D eigenvalue weighted by molar-refractivity contribution is 5.84. The fraction of sp³-hybridized carbons (Fsp3) is 0.778. The highest BCUT2D eigenvalue weighted by Gasteiger charge is 2.04. The lowest BCUT2D eigenvalue weighted by Crippen LogP contribution is -2.35. The molecule has 0 atom stereocenters. The molecule has 4 nitrogen and oxygen atoms in total. The fourth-order valence-electron chi connectivity index (χ4n) is 0.775. The number of nitrogens with one attached hydrogen (secondary N) is 2. The topological polar surface area (TPSA) is 58.2 Å². The normalized spacial score (nSPS) is 9.85. The summed E-state index contributed by atoms with van der Waals surface area (Å²) in [6, 6.07) is 0. The van der Waals surface area contributed by atoms with E-state index in [9.17, 15) is 9.59 Å². The van der Waals surface area contributed by atoms with Gasteiger partial charge in [-0.1, -0.05) is 13.8 Å². The van der Waals surface area contributed by atoms with Crippen molar-refractivity contribution in [3.05, 3.63) is 0 Å². The summed E-state index contributed by atoms with van der Waals surface area (Å²) < 4.78 is 0. The molecule has 4 heteroatoms. The molecule has 0 aromatic heterocycles. The van der Waals surface area contributed by atoms with Crippen LogP contribution >= 0.6 is 0 Å². The van der Waals surface area contributed by atoms with E-state index < -0.39 is 0 Å². The highest BCUT2D eigenvalue weighted by atomic mass is 16.2. The minimum Gasteiger partial charge on any atom is -0.358 e. The Balaban J connectivity index is 3.46. The molecule has 0 saturated carbocycles. The zero-order valence-corrected chi connectivity index (χ0v) is 8.52. The summed E-state index contributed by atoms with van der Waals surface area (Å²) in [6.07, 6.45) is 1.36. The standard InChI is InChI=1S/C9H18N2O2/c1-7(2)4-5-8(12)11-6-9(13)10-3/h7H,4-6H2,1-3H3,(H,10,13)(H,11,12). The molecule has 13 heavy (non-hydrogen) atoms. The van der Waals surface area contributed by atoms with Gasteiger partial charge in [0.05, 0.1) is 6.54 Å². The zero-order valence-electron chi connectivity index (χ0n) is 8.52. The average molecular weight is 186 g/mol. The lowest BCUT2D eigenvalue weighted by molar-refractivity contribution is -0.126. The molecule has 0 rings (SSSR count). The molecular formula is C9H18N2O2. The average Bonchev–Trinajstić information content (AvgIpc) is 2.10. The molecule has 76 valence electrons. The number of carbonyl (C=O) groups excluding carboxylic acids is 2. The van der Waals surface area contributed by atoms with Crippen LogP contribution in [0.4, 0.5) is 0 Å². The smallest absolute Gasteiger partial charge is 0.239 e. The van der Waals surface area contributed by atoms with Gasteiger partial charge >= 0.3 is 0 Å². The van der Waals surface area contributed by atoms with E-state index in [0.717, 1.165) is 6.42 Å². The van der Waals surface area contributed by atoms with E-state index in [2.05, 4.69) is 24.5 Å². The third-order valence-corrected chi connectivity index (χ3v) is 1.67. The van der Waals surface area contributed by atoms with Gasteiger partial charge in [0.15, 0.2) is 0 Å². The number of amides is 2. The van der Waals surface area contributed by atoms with Crippen molar-refractivity contribution in [2.75, 3.05) is 13.6 Å². The Hall–Kier alpha value is -1.06. The largest absolute Gasteiger partial charge is 0.358 e. The van der Waals surface area contributed by atoms with Gasteiger partial charge in [0, 0.05) is 13.5 Å². The Kier molecular flexibility index (Phi) is 5.93. The van der Waals surface area contributed by atoms with Gasteiger partial charge in [0.2, 0.25) is 11.8 Å². The van der Waals surface area contributed by atoms with Crippen LogP contribution in [0.2, 0.25) is 0 Å². The van der Waals surface area contributed by atoms with Gasteiger partial charge in [-0.15, -0.1) is 0 Å². The van der Waals surface area contributed by atoms with E-state index in [1.54, 1.807) is 7.05 Å². The van der Waals surface area contributed by atoms with Crippen molar-refractivity contribution >= 4 is 11.8 Å². The first-order valence-corrected chi connectivity index (χ1v) is 4.53. The lowest BCUT2D eigenvalue weighted by atomic mass is 10.1. The molecule has 0 radical (unpaired) electrons. The summed E-state index contributed by atoms with van der Waals surface area (Å²) in [7, 11) is 1.54.